The fraction of sp³-hybridized carbons (Fsp3) is 0.800. The van der Waals surface area contributed by atoms with Crippen LogP contribution in [0.15, 0.2) is 23.8 Å². The summed E-state index contributed by atoms with van der Waals surface area (Å²) in [4.78, 5) is 11.9. The highest BCUT2D eigenvalue weighted by molar-refractivity contribution is 5.60. The van der Waals surface area contributed by atoms with Crippen LogP contribution >= 0.6 is 0 Å². The predicted molar refractivity (Wildman–Crippen MR) is 118 cm³/mol. The molecule has 31 heavy (non-hydrogen) atoms. The van der Waals surface area contributed by atoms with Crippen molar-refractivity contribution in [1.82, 2.24) is 0 Å². The molecule has 0 radical (unpaired) electrons. The van der Waals surface area contributed by atoms with E-state index >= 15 is 0 Å². The lowest BCUT2D eigenvalue weighted by atomic mass is 9.47. The molecule has 0 aromatic heterocycles. The number of hydrogen-bond donors (Lipinski definition) is 3. The Kier molecular flexibility index (Phi) is 7.80. The van der Waals surface area contributed by atoms with Crippen LogP contribution in [0.5, 0.6) is 0 Å². The minimum Gasteiger partial charge on any atom is -0.388 e. The minimum absolute atomic E-state index is 0.0607. The first kappa shape index (κ1) is 24.6. The fourth-order valence-electron chi connectivity index (χ4n) is 6.36. The van der Waals surface area contributed by atoms with Gasteiger partial charge in [0.05, 0.1) is 13.2 Å². The van der Waals surface area contributed by atoms with Gasteiger partial charge in [-0.05, 0) is 62.7 Å². The zero-order valence-electron chi connectivity index (χ0n) is 19.3. The van der Waals surface area contributed by atoms with Crippen molar-refractivity contribution < 1.29 is 29.6 Å². The third-order valence-corrected chi connectivity index (χ3v) is 8.31. The molecule has 0 bridgehead atoms. The van der Waals surface area contributed by atoms with Crippen molar-refractivity contribution in [3.63, 3.8) is 0 Å². The van der Waals surface area contributed by atoms with E-state index in [1.807, 2.05) is 6.08 Å². The Morgan fingerprint density at radius 3 is 2.71 bits per heavy atom. The van der Waals surface area contributed by atoms with Crippen molar-refractivity contribution >= 4 is 6.29 Å². The molecule has 1 saturated heterocycles. The predicted octanol–water partition coefficient (Wildman–Crippen LogP) is 3.15. The van der Waals surface area contributed by atoms with Crippen LogP contribution in [0.4, 0.5) is 0 Å². The summed E-state index contributed by atoms with van der Waals surface area (Å²) in [5, 5.41) is 29.2. The summed E-state index contributed by atoms with van der Waals surface area (Å²) in [6.45, 7) is 11.2. The number of rotatable bonds is 7. The number of carbonyl (C=O) groups is 1. The molecule has 3 aliphatic rings. The van der Waals surface area contributed by atoms with Crippen LogP contribution in [0.1, 0.15) is 65.7 Å². The van der Waals surface area contributed by atoms with Crippen molar-refractivity contribution in [3.8, 4) is 0 Å². The Labute approximate surface area is 186 Å². The highest BCUT2D eigenvalue weighted by Gasteiger charge is 2.54. The van der Waals surface area contributed by atoms with Gasteiger partial charge in [-0.15, -0.1) is 0 Å². The smallest absolute Gasteiger partial charge is 0.186 e. The van der Waals surface area contributed by atoms with Gasteiger partial charge < -0.3 is 29.6 Å². The van der Waals surface area contributed by atoms with Gasteiger partial charge in [-0.3, -0.25) is 0 Å². The van der Waals surface area contributed by atoms with Crippen LogP contribution in [-0.2, 0) is 14.3 Å². The first-order chi connectivity index (χ1) is 14.6. The number of fused-ring (bicyclic) bond motifs is 1. The van der Waals surface area contributed by atoms with Gasteiger partial charge in [-0.1, -0.05) is 44.1 Å². The third-order valence-electron chi connectivity index (χ3n) is 8.31. The lowest BCUT2D eigenvalue weighted by Crippen LogP contribution is -2.53. The third kappa shape index (κ3) is 4.98. The van der Waals surface area contributed by atoms with Crippen LogP contribution < -0.4 is 0 Å². The number of ether oxygens (including phenoxy) is 2. The number of aliphatic hydroxyl groups is 3. The number of aldehydes is 1. The lowest BCUT2D eigenvalue weighted by Gasteiger charge is -2.57. The number of hydrogen-bond acceptors (Lipinski definition) is 6. The summed E-state index contributed by atoms with van der Waals surface area (Å²) in [5.74, 6) is 0.830. The van der Waals surface area contributed by atoms with E-state index in [9.17, 15) is 20.1 Å². The number of aliphatic hydroxyl groups excluding tert-OH is 3. The van der Waals surface area contributed by atoms with Gasteiger partial charge >= 0.3 is 0 Å². The molecule has 8 atom stereocenters. The summed E-state index contributed by atoms with van der Waals surface area (Å²) >= 11 is 0. The fourth-order valence-corrected chi connectivity index (χ4v) is 6.36. The molecule has 1 heterocycles. The molecule has 3 fully saturated rings. The molecule has 176 valence electrons. The molecular formula is C25H40O6. The van der Waals surface area contributed by atoms with E-state index < -0.39 is 24.6 Å². The molecule has 0 spiro atoms. The zero-order chi connectivity index (χ0) is 22.8. The first-order valence-corrected chi connectivity index (χ1v) is 11.7. The van der Waals surface area contributed by atoms with Crippen molar-refractivity contribution in [2.75, 3.05) is 13.2 Å². The molecule has 3 rings (SSSR count). The maximum absolute atomic E-state index is 11.9. The minimum atomic E-state index is -1.27. The van der Waals surface area contributed by atoms with Crippen molar-refractivity contribution in [2.45, 2.75) is 90.3 Å². The second kappa shape index (κ2) is 9.84. The average molecular weight is 437 g/mol. The summed E-state index contributed by atoms with van der Waals surface area (Å²) in [6.07, 6.45) is 5.87. The van der Waals surface area contributed by atoms with E-state index in [0.29, 0.717) is 11.8 Å². The van der Waals surface area contributed by atoms with E-state index in [4.69, 9.17) is 9.47 Å². The van der Waals surface area contributed by atoms with E-state index in [2.05, 4.69) is 27.4 Å². The molecule has 2 saturated carbocycles. The number of allylic oxidation sites excluding steroid dienone is 2. The molecule has 1 aliphatic heterocycles. The van der Waals surface area contributed by atoms with Crippen LogP contribution in [0.2, 0.25) is 0 Å². The maximum atomic E-state index is 11.9. The van der Waals surface area contributed by atoms with Crippen molar-refractivity contribution in [1.29, 1.82) is 0 Å². The molecule has 6 nitrogen and oxygen atoms in total. The molecule has 0 amide bonds. The number of carbonyl (C=O) groups excluding carboxylic acids is 1. The van der Waals surface area contributed by atoms with Gasteiger partial charge in [0.2, 0.25) is 0 Å². The molecule has 3 N–H and O–H groups in total. The van der Waals surface area contributed by atoms with Crippen LogP contribution in [0.25, 0.3) is 0 Å². The SMILES string of the molecule is C=C1CC[C@@H]2[C@](C)(CCC[C@]2(C)C=O)[C@H]1CC/C(C)=C/CO[C@@H]1OC[C@@H](O)[C@H](O)[C@H]1O. The van der Waals surface area contributed by atoms with Crippen LogP contribution in [0.3, 0.4) is 0 Å². The summed E-state index contributed by atoms with van der Waals surface area (Å²) in [5.41, 5.74) is 2.42. The highest BCUT2D eigenvalue weighted by atomic mass is 16.7. The Morgan fingerprint density at radius 1 is 1.26 bits per heavy atom. The van der Waals surface area contributed by atoms with Crippen LogP contribution in [-0.4, -0.2) is 59.4 Å². The Bertz CT molecular complexity index is 689. The van der Waals surface area contributed by atoms with Gasteiger partial charge in [0.1, 0.15) is 24.6 Å². The second-order valence-electron chi connectivity index (χ2n) is 10.5. The van der Waals surface area contributed by atoms with Crippen molar-refractivity contribution in [3.05, 3.63) is 23.8 Å². The molecule has 0 unspecified atom stereocenters. The maximum Gasteiger partial charge on any atom is 0.186 e. The van der Waals surface area contributed by atoms with Gasteiger partial charge in [0, 0.05) is 5.41 Å². The monoisotopic (exact) mass is 436 g/mol. The molecule has 0 aromatic carbocycles. The molecule has 0 aromatic rings. The topological polar surface area (TPSA) is 96.2 Å². The van der Waals surface area contributed by atoms with Gasteiger partial charge in [-0.2, -0.15) is 0 Å². The molecular weight excluding hydrogens is 396 g/mol. The normalized spacial score (nSPS) is 44.1. The largest absolute Gasteiger partial charge is 0.388 e. The van der Waals surface area contributed by atoms with Gasteiger partial charge in [0.25, 0.3) is 0 Å². The zero-order valence-corrected chi connectivity index (χ0v) is 19.3. The molecule has 2 aliphatic carbocycles. The Morgan fingerprint density at radius 2 is 2.00 bits per heavy atom. The van der Waals surface area contributed by atoms with Gasteiger partial charge in [0.15, 0.2) is 6.29 Å². The highest BCUT2D eigenvalue weighted by Crippen LogP contribution is 2.61. The summed E-state index contributed by atoms with van der Waals surface area (Å²) in [6, 6.07) is 0. The summed E-state index contributed by atoms with van der Waals surface area (Å²) < 4.78 is 10.8. The lowest BCUT2D eigenvalue weighted by molar-refractivity contribution is -0.266. The van der Waals surface area contributed by atoms with E-state index in [0.717, 1.165) is 44.9 Å². The standard InChI is InChI=1S/C25H40O6/c1-16(10-13-30-23-22(29)21(28)19(27)14-31-23)6-8-18-17(2)7-9-20-24(3,15-26)11-5-12-25(18,20)4/h10,15,18-23,27-29H,2,5-9,11-14H2,1,3-4H3/b16-10+/t18-,19+,20-,21-,22+,23+,24+,25+/m0/s1. The van der Waals surface area contributed by atoms with Crippen molar-refractivity contribution in [2.24, 2.45) is 22.7 Å². The van der Waals surface area contributed by atoms with Crippen LogP contribution in [0, 0.1) is 22.7 Å². The van der Waals surface area contributed by atoms with E-state index in [-0.39, 0.29) is 24.0 Å². The second-order valence-corrected chi connectivity index (χ2v) is 10.5. The first-order valence-electron chi connectivity index (χ1n) is 11.7. The van der Waals surface area contributed by atoms with E-state index in [1.54, 1.807) is 0 Å². The molecule has 6 heteroatoms. The van der Waals surface area contributed by atoms with E-state index in [1.165, 1.54) is 17.4 Å². The summed E-state index contributed by atoms with van der Waals surface area (Å²) in [7, 11) is 0. The Hall–Kier alpha value is -1.05. The Balaban J connectivity index is 1.56. The quantitative estimate of drug-likeness (QED) is 0.419. The van der Waals surface area contributed by atoms with Gasteiger partial charge in [-0.25, -0.2) is 0 Å². The average Bonchev–Trinajstić information content (AvgIpc) is 2.73.